The molecule has 14 heteroatoms. The number of unbranched alkanes of at least 4 members (excludes halogenated alkanes) is 2. The third-order valence-corrected chi connectivity index (χ3v) is 13.7. The fraction of sp³-hybridized carbons (Fsp3) is 0.500. The molecular formula is C46H60N4O9S. The van der Waals surface area contributed by atoms with E-state index in [0.717, 1.165) is 48.2 Å². The van der Waals surface area contributed by atoms with Crippen LogP contribution in [0.3, 0.4) is 0 Å². The standard InChI is InChI=1S/C46H60N4O9S/c1-6-23-50(60(54,55)37-20-17-34(18-21-37)48-32(4)53)43-29-41(49-56-5)39-27-33(14-8-10-24-51)38(16-9-11-25-52)44-40-28-36(57-30-35-15-12-13-31(3)47-35)19-22-42(40)59-46(43,45(39)44)58-26-7-2/h7,12-13,15,17-22,27-28,33,38,43-45,51-52H,2,6,8-11,14,16,23-26,29-30H2,1,3-5H3,(H,48,53). The lowest BCUT2D eigenvalue weighted by molar-refractivity contribution is -0.251. The summed E-state index contributed by atoms with van der Waals surface area (Å²) in [6.45, 7) is 9.90. The molecule has 0 saturated heterocycles. The number of ether oxygens (including phenoxy) is 3. The van der Waals surface area contributed by atoms with Gasteiger partial charge in [0.1, 0.15) is 25.2 Å². The Morgan fingerprint density at radius 2 is 1.83 bits per heavy atom. The summed E-state index contributed by atoms with van der Waals surface area (Å²) in [5, 5.41) is 27.1. The van der Waals surface area contributed by atoms with Crippen molar-refractivity contribution >= 4 is 27.3 Å². The Morgan fingerprint density at radius 1 is 1.08 bits per heavy atom. The molecular weight excluding hydrogens is 785 g/mol. The van der Waals surface area contributed by atoms with Crippen molar-refractivity contribution in [2.45, 2.75) is 101 Å². The van der Waals surface area contributed by atoms with Crippen LogP contribution in [-0.4, -0.2) is 84.8 Å². The Balaban J connectivity index is 1.56. The summed E-state index contributed by atoms with van der Waals surface area (Å²) in [5.74, 6) is -1.39. The minimum atomic E-state index is -4.22. The molecule has 1 saturated carbocycles. The van der Waals surface area contributed by atoms with Gasteiger partial charge >= 0.3 is 0 Å². The third kappa shape index (κ3) is 9.63. The van der Waals surface area contributed by atoms with Gasteiger partial charge in [-0.3, -0.25) is 9.78 Å². The molecule has 2 aromatic carbocycles. The first-order valence-corrected chi connectivity index (χ1v) is 22.5. The molecule has 324 valence electrons. The van der Waals surface area contributed by atoms with E-state index in [1.54, 1.807) is 18.2 Å². The summed E-state index contributed by atoms with van der Waals surface area (Å²) in [5.41, 5.74) is 4.57. The Kier molecular flexibility index (Phi) is 15.2. The number of aromatic nitrogens is 1. The molecule has 3 N–H and O–H groups in total. The molecule has 6 atom stereocenters. The number of rotatable bonds is 21. The molecule has 1 amide bonds. The number of sulfonamides is 1. The van der Waals surface area contributed by atoms with Gasteiger partial charge < -0.3 is 34.6 Å². The largest absolute Gasteiger partial charge is 0.487 e. The maximum atomic E-state index is 15.1. The lowest BCUT2D eigenvalue weighted by Crippen LogP contribution is -2.70. The first kappa shape index (κ1) is 44.9. The third-order valence-electron chi connectivity index (χ3n) is 11.8. The van der Waals surface area contributed by atoms with Crippen molar-refractivity contribution in [3.63, 3.8) is 0 Å². The zero-order valence-corrected chi connectivity index (χ0v) is 36.0. The van der Waals surface area contributed by atoms with Crippen LogP contribution in [0.15, 0.2) is 95.0 Å². The number of aryl methyl sites for hydroxylation is 1. The second-order valence-corrected chi connectivity index (χ2v) is 17.7. The number of nitrogens with one attached hydrogen (secondary N) is 1. The molecule has 0 radical (unpaired) electrons. The number of fused-ring (bicyclic) bond motifs is 2. The Labute approximate surface area is 354 Å². The van der Waals surface area contributed by atoms with Crippen molar-refractivity contribution < 1.29 is 42.5 Å². The number of amides is 1. The summed E-state index contributed by atoms with van der Waals surface area (Å²) in [7, 11) is -2.73. The molecule has 0 spiro atoms. The van der Waals surface area contributed by atoms with Crippen LogP contribution in [0.1, 0.15) is 88.1 Å². The number of hydrogen-bond acceptors (Lipinski definition) is 11. The van der Waals surface area contributed by atoms with E-state index < -0.39 is 27.8 Å². The number of allylic oxidation sites excluding steroid dienone is 1. The smallest absolute Gasteiger partial charge is 0.243 e. The highest BCUT2D eigenvalue weighted by atomic mass is 32.2. The number of aliphatic hydroxyl groups excluding tert-OH is 2. The van der Waals surface area contributed by atoms with Crippen LogP contribution in [0.5, 0.6) is 11.5 Å². The van der Waals surface area contributed by atoms with Gasteiger partial charge in [0.2, 0.25) is 21.7 Å². The molecule has 1 aromatic heterocycles. The number of aliphatic hydroxyl groups is 2. The monoisotopic (exact) mass is 844 g/mol. The molecule has 60 heavy (non-hydrogen) atoms. The van der Waals surface area contributed by atoms with Crippen molar-refractivity contribution in [2.24, 2.45) is 22.9 Å². The molecule has 3 aliphatic rings. The maximum absolute atomic E-state index is 15.1. The predicted molar refractivity (Wildman–Crippen MR) is 230 cm³/mol. The number of benzene rings is 2. The van der Waals surface area contributed by atoms with Crippen LogP contribution < -0.4 is 14.8 Å². The quantitative estimate of drug-likeness (QED) is 0.0563. The molecule has 6 rings (SSSR count). The molecule has 6 unspecified atom stereocenters. The first-order valence-electron chi connectivity index (χ1n) is 21.1. The fourth-order valence-electron chi connectivity index (χ4n) is 9.37. The van der Waals surface area contributed by atoms with Gasteiger partial charge in [0.25, 0.3) is 0 Å². The van der Waals surface area contributed by atoms with Gasteiger partial charge in [-0.25, -0.2) is 8.42 Å². The van der Waals surface area contributed by atoms with E-state index in [1.165, 1.54) is 30.5 Å². The number of oxime groups is 1. The van der Waals surface area contributed by atoms with Gasteiger partial charge in [0, 0.05) is 56.0 Å². The average molecular weight is 845 g/mol. The Bertz CT molecular complexity index is 2130. The van der Waals surface area contributed by atoms with Gasteiger partial charge in [0.05, 0.1) is 34.9 Å². The maximum Gasteiger partial charge on any atom is 0.243 e. The van der Waals surface area contributed by atoms with Gasteiger partial charge in [-0.2, -0.15) is 4.31 Å². The topological polar surface area (TPSA) is 169 Å². The number of carbonyl (C=O) groups is 1. The number of nitrogens with zero attached hydrogens (tertiary/aromatic N) is 3. The average Bonchev–Trinajstić information content (AvgIpc) is 3.23. The summed E-state index contributed by atoms with van der Waals surface area (Å²) in [6, 6.07) is 16.9. The Morgan fingerprint density at radius 3 is 2.50 bits per heavy atom. The molecule has 1 fully saturated rings. The van der Waals surface area contributed by atoms with Crippen molar-refractivity contribution in [3.8, 4) is 11.5 Å². The summed E-state index contributed by atoms with van der Waals surface area (Å²) in [4.78, 5) is 22.0. The van der Waals surface area contributed by atoms with Crippen LogP contribution >= 0.6 is 0 Å². The SMILES string of the molecule is C=CCOC12Oc3ccc(OCc4cccc(C)n4)cc3C3C(CCCCO)C(CCCCO)C=C(C(=NOC)CC1N(CCC)S(=O)(=O)c1ccc(NC(C)=O)cc1)C32. The predicted octanol–water partition coefficient (Wildman–Crippen LogP) is 7.29. The zero-order chi connectivity index (χ0) is 42.9. The van der Waals surface area contributed by atoms with Crippen LogP contribution in [0.25, 0.3) is 0 Å². The van der Waals surface area contributed by atoms with Crippen molar-refractivity contribution in [2.75, 3.05) is 38.8 Å². The molecule has 3 aromatic rings. The zero-order valence-electron chi connectivity index (χ0n) is 35.2. The lowest BCUT2D eigenvalue weighted by atomic mass is 9.55. The molecule has 2 aliphatic carbocycles. The summed E-state index contributed by atoms with van der Waals surface area (Å²) >= 11 is 0. The highest BCUT2D eigenvalue weighted by Crippen LogP contribution is 2.62. The van der Waals surface area contributed by atoms with E-state index >= 15 is 8.42 Å². The molecule has 13 nitrogen and oxygen atoms in total. The van der Waals surface area contributed by atoms with Gasteiger partial charge in [-0.1, -0.05) is 43.1 Å². The minimum absolute atomic E-state index is 0.00661. The van der Waals surface area contributed by atoms with Gasteiger partial charge in [-0.15, -0.1) is 6.58 Å². The second-order valence-electron chi connectivity index (χ2n) is 15.8. The highest BCUT2D eigenvalue weighted by Gasteiger charge is 2.66. The number of carbonyl (C=O) groups excluding carboxylic acids is 1. The van der Waals surface area contributed by atoms with Gasteiger partial charge in [0.15, 0.2) is 0 Å². The van der Waals surface area contributed by atoms with E-state index in [1.807, 2.05) is 50.2 Å². The molecule has 2 heterocycles. The van der Waals surface area contributed by atoms with Crippen LogP contribution in [0, 0.1) is 24.7 Å². The van der Waals surface area contributed by atoms with E-state index in [4.69, 9.17) is 19.0 Å². The number of hydrogen-bond donors (Lipinski definition) is 3. The normalized spacial score (nSPS) is 23.9. The van der Waals surface area contributed by atoms with Crippen molar-refractivity contribution in [3.05, 3.63) is 102 Å². The van der Waals surface area contributed by atoms with E-state index in [2.05, 4.69) is 28.1 Å². The summed E-state index contributed by atoms with van der Waals surface area (Å²) < 4.78 is 52.2. The van der Waals surface area contributed by atoms with Crippen LogP contribution in [0.2, 0.25) is 0 Å². The highest BCUT2D eigenvalue weighted by molar-refractivity contribution is 7.89. The van der Waals surface area contributed by atoms with Crippen LogP contribution in [0.4, 0.5) is 5.69 Å². The number of pyridine rings is 1. The van der Waals surface area contributed by atoms with E-state index in [0.29, 0.717) is 42.2 Å². The van der Waals surface area contributed by atoms with E-state index in [-0.39, 0.29) is 67.9 Å². The number of anilines is 1. The fourth-order valence-corrected chi connectivity index (χ4v) is 11.1. The second kappa shape index (κ2) is 20.3. The van der Waals surface area contributed by atoms with Crippen LogP contribution in [-0.2, 0) is 31.0 Å². The van der Waals surface area contributed by atoms with E-state index in [9.17, 15) is 15.0 Å². The Hall–Kier alpha value is -4.60. The van der Waals surface area contributed by atoms with Crippen molar-refractivity contribution in [1.29, 1.82) is 0 Å². The molecule has 0 bridgehead atoms. The summed E-state index contributed by atoms with van der Waals surface area (Å²) in [6.07, 6.45) is 8.96. The first-order chi connectivity index (χ1) is 29.0. The lowest BCUT2D eigenvalue weighted by Gasteiger charge is -2.59. The molecule has 1 aliphatic heterocycles. The minimum Gasteiger partial charge on any atom is -0.487 e. The van der Waals surface area contributed by atoms with Crippen molar-refractivity contribution in [1.82, 2.24) is 9.29 Å². The van der Waals surface area contributed by atoms with Gasteiger partial charge in [-0.05, 0) is 111 Å².